The Labute approximate surface area is 101 Å². The molecular formula is C13H18N2O2. The van der Waals surface area contributed by atoms with Gasteiger partial charge in [0.2, 0.25) is 5.91 Å². The Morgan fingerprint density at radius 3 is 2.53 bits per heavy atom. The summed E-state index contributed by atoms with van der Waals surface area (Å²) in [7, 11) is 1.76. The first-order valence-corrected chi connectivity index (χ1v) is 5.71. The summed E-state index contributed by atoms with van der Waals surface area (Å²) in [6.45, 7) is 2.79. The molecule has 0 radical (unpaired) electrons. The number of hydrogen-bond donors (Lipinski definition) is 1. The number of benzene rings is 1. The van der Waals surface area contributed by atoms with Crippen LogP contribution in [0.5, 0.6) is 0 Å². The van der Waals surface area contributed by atoms with E-state index in [1.54, 1.807) is 30.1 Å². The van der Waals surface area contributed by atoms with Gasteiger partial charge in [0.05, 0.1) is 0 Å². The molecule has 2 N–H and O–H groups in total. The second-order valence-electron chi connectivity index (χ2n) is 4.03. The molecule has 0 saturated heterocycles. The normalized spacial score (nSPS) is 10.0. The van der Waals surface area contributed by atoms with Crippen LogP contribution in [0.3, 0.4) is 0 Å². The quantitative estimate of drug-likeness (QED) is 0.842. The lowest BCUT2D eigenvalue weighted by atomic mass is 10.1. The summed E-state index contributed by atoms with van der Waals surface area (Å²) in [5, 5.41) is 0. The molecule has 1 rings (SSSR count). The molecule has 0 aliphatic rings. The Hall–Kier alpha value is -1.84. The van der Waals surface area contributed by atoms with Crippen molar-refractivity contribution in [2.75, 3.05) is 13.6 Å². The van der Waals surface area contributed by atoms with Crippen LogP contribution < -0.4 is 5.73 Å². The third-order valence-electron chi connectivity index (χ3n) is 2.59. The fraction of sp³-hybridized carbons (Fsp3) is 0.385. The Morgan fingerprint density at radius 2 is 1.94 bits per heavy atom. The summed E-state index contributed by atoms with van der Waals surface area (Å²) in [4.78, 5) is 24.7. The van der Waals surface area contributed by atoms with Gasteiger partial charge in [-0.1, -0.05) is 19.4 Å². The molecule has 0 saturated carbocycles. The fourth-order valence-corrected chi connectivity index (χ4v) is 1.52. The third-order valence-corrected chi connectivity index (χ3v) is 2.59. The molecule has 0 aromatic heterocycles. The van der Waals surface area contributed by atoms with Crippen molar-refractivity contribution in [3.8, 4) is 0 Å². The maximum Gasteiger partial charge on any atom is 0.253 e. The van der Waals surface area contributed by atoms with Crippen LogP contribution in [0, 0.1) is 0 Å². The minimum atomic E-state index is -0.518. The molecule has 4 nitrogen and oxygen atoms in total. The zero-order chi connectivity index (χ0) is 12.8. The smallest absolute Gasteiger partial charge is 0.253 e. The number of carbonyl (C=O) groups is 2. The number of amides is 2. The molecule has 0 heterocycles. The van der Waals surface area contributed by atoms with Gasteiger partial charge in [-0.15, -0.1) is 0 Å². The first kappa shape index (κ1) is 13.2. The van der Waals surface area contributed by atoms with Crippen LogP contribution in [-0.2, 0) is 0 Å². The number of hydrogen-bond acceptors (Lipinski definition) is 2. The first-order valence-electron chi connectivity index (χ1n) is 5.71. The highest BCUT2D eigenvalue weighted by Crippen LogP contribution is 2.08. The van der Waals surface area contributed by atoms with Crippen LogP contribution in [0.2, 0.25) is 0 Å². The predicted molar refractivity (Wildman–Crippen MR) is 66.8 cm³/mol. The molecule has 0 fully saturated rings. The van der Waals surface area contributed by atoms with Gasteiger partial charge in [-0.2, -0.15) is 0 Å². The van der Waals surface area contributed by atoms with Crippen molar-refractivity contribution in [1.29, 1.82) is 0 Å². The van der Waals surface area contributed by atoms with E-state index in [4.69, 9.17) is 5.73 Å². The van der Waals surface area contributed by atoms with Crippen molar-refractivity contribution in [2.24, 2.45) is 5.73 Å². The number of unbranched alkanes of at least 4 members (excludes halogenated alkanes) is 1. The molecule has 0 unspecified atom stereocenters. The molecule has 0 aliphatic carbocycles. The summed E-state index contributed by atoms with van der Waals surface area (Å²) < 4.78 is 0. The highest BCUT2D eigenvalue weighted by atomic mass is 16.2. The van der Waals surface area contributed by atoms with E-state index in [-0.39, 0.29) is 5.91 Å². The lowest BCUT2D eigenvalue weighted by Gasteiger charge is -2.16. The number of nitrogens with two attached hydrogens (primary N) is 1. The second kappa shape index (κ2) is 6.03. The molecule has 17 heavy (non-hydrogen) atoms. The van der Waals surface area contributed by atoms with E-state index in [2.05, 4.69) is 6.92 Å². The molecule has 4 heteroatoms. The summed E-state index contributed by atoms with van der Waals surface area (Å²) >= 11 is 0. The van der Waals surface area contributed by atoms with Gasteiger partial charge >= 0.3 is 0 Å². The molecule has 1 aromatic rings. The van der Waals surface area contributed by atoms with Crippen LogP contribution in [0.25, 0.3) is 0 Å². The van der Waals surface area contributed by atoms with Gasteiger partial charge in [0.1, 0.15) is 0 Å². The monoisotopic (exact) mass is 234 g/mol. The van der Waals surface area contributed by atoms with E-state index in [0.717, 1.165) is 19.4 Å². The van der Waals surface area contributed by atoms with Crippen molar-refractivity contribution >= 4 is 11.8 Å². The van der Waals surface area contributed by atoms with E-state index < -0.39 is 5.91 Å². The van der Waals surface area contributed by atoms with Gasteiger partial charge in [0.25, 0.3) is 5.91 Å². The minimum absolute atomic E-state index is 0.0819. The van der Waals surface area contributed by atoms with E-state index >= 15 is 0 Å². The van der Waals surface area contributed by atoms with Crippen molar-refractivity contribution in [3.63, 3.8) is 0 Å². The SMILES string of the molecule is CCCCN(C)C(=O)c1cccc(C(N)=O)c1. The highest BCUT2D eigenvalue weighted by molar-refractivity contribution is 5.98. The third kappa shape index (κ3) is 3.59. The highest BCUT2D eigenvalue weighted by Gasteiger charge is 2.12. The van der Waals surface area contributed by atoms with Gasteiger partial charge in [0, 0.05) is 24.7 Å². The average molecular weight is 234 g/mol. The van der Waals surface area contributed by atoms with Crippen molar-refractivity contribution < 1.29 is 9.59 Å². The van der Waals surface area contributed by atoms with Crippen LogP contribution >= 0.6 is 0 Å². The maximum absolute atomic E-state index is 12.0. The molecule has 0 spiro atoms. The predicted octanol–water partition coefficient (Wildman–Crippen LogP) is 1.66. The molecule has 0 bridgehead atoms. The largest absolute Gasteiger partial charge is 0.366 e. The van der Waals surface area contributed by atoms with Gasteiger partial charge in [-0.05, 0) is 24.6 Å². The Balaban J connectivity index is 2.81. The van der Waals surface area contributed by atoms with Crippen molar-refractivity contribution in [1.82, 2.24) is 4.90 Å². The second-order valence-corrected chi connectivity index (χ2v) is 4.03. The van der Waals surface area contributed by atoms with Crippen LogP contribution in [0.1, 0.15) is 40.5 Å². The molecule has 0 aliphatic heterocycles. The summed E-state index contributed by atoms with van der Waals surface area (Å²) in [6.07, 6.45) is 2.01. The fourth-order valence-electron chi connectivity index (χ4n) is 1.52. The minimum Gasteiger partial charge on any atom is -0.366 e. The molecule has 1 aromatic carbocycles. The summed E-state index contributed by atoms with van der Waals surface area (Å²) in [5.41, 5.74) is 6.04. The zero-order valence-corrected chi connectivity index (χ0v) is 10.3. The Morgan fingerprint density at radius 1 is 1.29 bits per heavy atom. The number of rotatable bonds is 5. The first-order chi connectivity index (χ1) is 8.06. The number of nitrogens with zero attached hydrogens (tertiary/aromatic N) is 1. The van der Waals surface area contributed by atoms with Gasteiger partial charge < -0.3 is 10.6 Å². The molecule has 0 atom stereocenters. The van der Waals surface area contributed by atoms with Gasteiger partial charge in [-0.25, -0.2) is 0 Å². The topological polar surface area (TPSA) is 63.4 Å². The standard InChI is InChI=1S/C13H18N2O2/c1-3-4-8-15(2)13(17)11-7-5-6-10(9-11)12(14)16/h5-7,9H,3-4,8H2,1-2H3,(H2,14,16). The lowest BCUT2D eigenvalue weighted by Crippen LogP contribution is -2.28. The summed E-state index contributed by atoms with van der Waals surface area (Å²) in [5.74, 6) is -0.600. The molecule has 2 amide bonds. The average Bonchev–Trinajstić information content (AvgIpc) is 2.35. The molecule has 92 valence electrons. The summed E-state index contributed by atoms with van der Waals surface area (Å²) in [6, 6.07) is 6.50. The van der Waals surface area contributed by atoms with Gasteiger partial charge in [-0.3, -0.25) is 9.59 Å². The van der Waals surface area contributed by atoms with Crippen LogP contribution in [0.4, 0.5) is 0 Å². The van der Waals surface area contributed by atoms with E-state index in [1.807, 2.05) is 0 Å². The van der Waals surface area contributed by atoms with Gasteiger partial charge in [0.15, 0.2) is 0 Å². The van der Waals surface area contributed by atoms with Crippen molar-refractivity contribution in [3.05, 3.63) is 35.4 Å². The van der Waals surface area contributed by atoms with E-state index in [0.29, 0.717) is 11.1 Å². The van der Waals surface area contributed by atoms with Crippen LogP contribution in [0.15, 0.2) is 24.3 Å². The lowest BCUT2D eigenvalue weighted by molar-refractivity contribution is 0.0793. The van der Waals surface area contributed by atoms with E-state index in [1.165, 1.54) is 6.07 Å². The number of carbonyl (C=O) groups excluding carboxylic acids is 2. The molecular weight excluding hydrogens is 216 g/mol. The van der Waals surface area contributed by atoms with E-state index in [9.17, 15) is 9.59 Å². The Bertz CT molecular complexity index is 416. The van der Waals surface area contributed by atoms with Crippen molar-refractivity contribution in [2.45, 2.75) is 19.8 Å². The number of primary amides is 1. The Kier molecular flexibility index (Phi) is 4.69. The zero-order valence-electron chi connectivity index (χ0n) is 10.3. The van der Waals surface area contributed by atoms with Crippen LogP contribution in [-0.4, -0.2) is 30.3 Å². The maximum atomic E-state index is 12.0.